The van der Waals surface area contributed by atoms with E-state index in [2.05, 4.69) is 15.2 Å². The Labute approximate surface area is 195 Å². The Morgan fingerprint density at radius 2 is 1.94 bits per heavy atom. The van der Waals surface area contributed by atoms with Crippen molar-refractivity contribution >= 4 is 22.6 Å². The molecule has 1 aliphatic rings. The highest BCUT2D eigenvalue weighted by molar-refractivity contribution is 5.86. The number of hydrogen-bond acceptors (Lipinski definition) is 5. The van der Waals surface area contributed by atoms with Gasteiger partial charge in [0.05, 0.1) is 23.8 Å². The first kappa shape index (κ1) is 20.6. The van der Waals surface area contributed by atoms with Crippen LogP contribution in [0.4, 0.5) is 0 Å². The summed E-state index contributed by atoms with van der Waals surface area (Å²) in [6, 6.07) is 12.0. The summed E-state index contributed by atoms with van der Waals surface area (Å²) in [5.74, 6) is -0.752. The van der Waals surface area contributed by atoms with Crippen molar-refractivity contribution in [3.8, 4) is 16.8 Å². The second-order valence-corrected chi connectivity index (χ2v) is 8.82. The number of para-hydroxylation sites is 1. The molecule has 0 bridgehead atoms. The third-order valence-corrected chi connectivity index (χ3v) is 7.06. The predicted octanol–water partition coefficient (Wildman–Crippen LogP) is 4.19. The van der Waals surface area contributed by atoms with Crippen molar-refractivity contribution in [2.24, 2.45) is 0 Å². The molecule has 0 radical (unpaired) electrons. The Hall–Kier alpha value is -3.98. The first-order valence-electron chi connectivity index (χ1n) is 11.3. The summed E-state index contributed by atoms with van der Waals surface area (Å²) in [5.41, 5.74) is 4.29. The van der Waals surface area contributed by atoms with Gasteiger partial charge in [-0.15, -0.1) is 0 Å². The highest BCUT2D eigenvalue weighted by Gasteiger charge is 2.43. The molecule has 1 aliphatic carbocycles. The zero-order valence-electron chi connectivity index (χ0n) is 18.7. The number of H-pyrrole nitrogens is 1. The number of benzene rings is 1. The van der Waals surface area contributed by atoms with Crippen LogP contribution >= 0.6 is 0 Å². The number of aromatic amines is 1. The topological polar surface area (TPSA) is 110 Å². The number of methoxy groups -OCH3 is 1. The zero-order valence-corrected chi connectivity index (χ0v) is 18.7. The average Bonchev–Trinajstić information content (AvgIpc) is 3.63. The number of carbonyl (C=O) groups is 1. The number of nitrogens with one attached hydrogen (secondary N) is 1. The van der Waals surface area contributed by atoms with E-state index in [-0.39, 0.29) is 5.92 Å². The molecule has 1 aromatic carbocycles. The largest absolute Gasteiger partial charge is 0.479 e. The lowest BCUT2D eigenvalue weighted by molar-refractivity contribution is -0.166. The molecule has 0 amide bonds. The van der Waals surface area contributed by atoms with Crippen molar-refractivity contribution in [2.75, 3.05) is 7.11 Å². The van der Waals surface area contributed by atoms with Gasteiger partial charge in [0, 0.05) is 41.9 Å². The molecule has 1 saturated carbocycles. The molecule has 6 rings (SSSR count). The maximum Gasteiger partial charge on any atom is 0.335 e. The second kappa shape index (κ2) is 7.81. The van der Waals surface area contributed by atoms with Crippen LogP contribution in [-0.4, -0.2) is 53.1 Å². The normalized spacial score (nSPS) is 20.8. The molecule has 0 unspecified atom stereocenters. The smallest absolute Gasteiger partial charge is 0.335 e. The van der Waals surface area contributed by atoms with Crippen LogP contribution in [0.2, 0.25) is 0 Å². The maximum atomic E-state index is 11.8. The molecule has 172 valence electrons. The number of aliphatic carboxylic acids is 1. The van der Waals surface area contributed by atoms with Crippen molar-refractivity contribution < 1.29 is 14.6 Å². The van der Waals surface area contributed by atoms with Crippen molar-refractivity contribution in [2.45, 2.75) is 37.2 Å². The lowest BCUT2D eigenvalue weighted by Crippen LogP contribution is -2.43. The van der Waals surface area contributed by atoms with E-state index in [1.807, 2.05) is 70.4 Å². The van der Waals surface area contributed by atoms with Crippen molar-refractivity contribution in [1.29, 1.82) is 0 Å². The third-order valence-electron chi connectivity index (χ3n) is 7.06. The standard InChI is InChI=1S/C25H24N6O3/c1-34-25(24(32)33)10-7-16(8-11-25)21-19-9-12-26-22(19)31-23(29-21)20(14-28-31)17-13-27-30(15-17)18-5-3-2-4-6-18/h2-6,9,12-16,26H,7-8,10-11H2,1H3,(H,32,33)/t16-,25+. The van der Waals surface area contributed by atoms with Crippen LogP contribution in [0.5, 0.6) is 0 Å². The van der Waals surface area contributed by atoms with E-state index >= 15 is 0 Å². The van der Waals surface area contributed by atoms with Gasteiger partial charge < -0.3 is 14.8 Å². The second-order valence-electron chi connectivity index (χ2n) is 8.82. The van der Waals surface area contributed by atoms with Crippen molar-refractivity contribution in [1.82, 2.24) is 29.4 Å². The summed E-state index contributed by atoms with van der Waals surface area (Å²) in [7, 11) is 1.48. The molecule has 0 saturated heterocycles. The van der Waals surface area contributed by atoms with Crippen LogP contribution in [0.15, 0.2) is 61.2 Å². The molecule has 0 aliphatic heterocycles. The summed E-state index contributed by atoms with van der Waals surface area (Å²) < 4.78 is 9.09. The quantitative estimate of drug-likeness (QED) is 0.410. The van der Waals surface area contributed by atoms with Gasteiger partial charge in [0.2, 0.25) is 0 Å². The lowest BCUT2D eigenvalue weighted by atomic mass is 9.77. The number of aromatic nitrogens is 6. The molecule has 2 N–H and O–H groups in total. The minimum absolute atomic E-state index is 0.140. The van der Waals surface area contributed by atoms with E-state index in [9.17, 15) is 9.90 Å². The fourth-order valence-corrected chi connectivity index (χ4v) is 5.09. The van der Waals surface area contributed by atoms with Gasteiger partial charge in [-0.3, -0.25) is 0 Å². The Kier molecular flexibility index (Phi) is 4.73. The molecule has 0 spiro atoms. The third kappa shape index (κ3) is 3.12. The van der Waals surface area contributed by atoms with Crippen molar-refractivity contribution in [3.05, 3.63) is 66.9 Å². The summed E-state index contributed by atoms with van der Waals surface area (Å²) >= 11 is 0. The number of nitrogens with zero attached hydrogens (tertiary/aromatic N) is 5. The van der Waals surface area contributed by atoms with Gasteiger partial charge >= 0.3 is 5.97 Å². The number of carboxylic acids is 1. The molecular weight excluding hydrogens is 432 g/mol. The Balaban J connectivity index is 1.42. The maximum absolute atomic E-state index is 11.8. The lowest BCUT2D eigenvalue weighted by Gasteiger charge is -2.35. The predicted molar refractivity (Wildman–Crippen MR) is 126 cm³/mol. The number of ether oxygens (including phenoxy) is 1. The van der Waals surface area contributed by atoms with E-state index in [4.69, 9.17) is 9.72 Å². The monoisotopic (exact) mass is 456 g/mol. The van der Waals surface area contributed by atoms with E-state index in [1.54, 1.807) is 0 Å². The summed E-state index contributed by atoms with van der Waals surface area (Å²) in [6.07, 6.45) is 9.82. The molecule has 1 fully saturated rings. The minimum atomic E-state index is -1.11. The Bertz CT molecular complexity index is 1490. The molecule has 4 aromatic heterocycles. The van der Waals surface area contributed by atoms with Gasteiger partial charge in [-0.25, -0.2) is 14.5 Å². The fraction of sp³-hybridized carbons (Fsp3) is 0.280. The summed E-state index contributed by atoms with van der Waals surface area (Å²) in [4.78, 5) is 20.2. The van der Waals surface area contributed by atoms with Gasteiger partial charge in [0.25, 0.3) is 0 Å². The number of rotatable bonds is 5. The first-order valence-corrected chi connectivity index (χ1v) is 11.3. The fourth-order valence-electron chi connectivity index (χ4n) is 5.09. The van der Waals surface area contributed by atoms with Gasteiger partial charge in [0.15, 0.2) is 11.2 Å². The first-order chi connectivity index (χ1) is 16.6. The SMILES string of the molecule is CO[C@]1(C(=O)O)CC[C@H](c2nc3c(-c4cnn(-c5ccccc5)c4)cnn3c3[nH]ccc32)CC1. The zero-order chi connectivity index (χ0) is 23.3. The Morgan fingerprint density at radius 1 is 1.15 bits per heavy atom. The molecule has 5 aromatic rings. The Morgan fingerprint density at radius 3 is 2.68 bits per heavy atom. The molecule has 9 heteroatoms. The van der Waals surface area contributed by atoms with Gasteiger partial charge in [0.1, 0.15) is 5.65 Å². The van der Waals surface area contributed by atoms with E-state index in [0.29, 0.717) is 25.7 Å². The van der Waals surface area contributed by atoms with E-state index < -0.39 is 11.6 Å². The minimum Gasteiger partial charge on any atom is -0.479 e. The molecule has 34 heavy (non-hydrogen) atoms. The van der Waals surface area contributed by atoms with Gasteiger partial charge in [-0.2, -0.15) is 14.7 Å². The average molecular weight is 457 g/mol. The number of fused-ring (bicyclic) bond motifs is 3. The number of carboxylic acid groups (broad SMARTS) is 1. The van der Waals surface area contributed by atoms with Crippen LogP contribution in [0.25, 0.3) is 33.5 Å². The highest BCUT2D eigenvalue weighted by Crippen LogP contribution is 2.41. The van der Waals surface area contributed by atoms with Gasteiger partial charge in [-0.1, -0.05) is 18.2 Å². The van der Waals surface area contributed by atoms with Gasteiger partial charge in [-0.05, 0) is 43.9 Å². The van der Waals surface area contributed by atoms with E-state index in [0.717, 1.165) is 39.2 Å². The van der Waals surface area contributed by atoms with E-state index in [1.165, 1.54) is 7.11 Å². The van der Waals surface area contributed by atoms with Crippen LogP contribution < -0.4 is 0 Å². The summed E-state index contributed by atoms with van der Waals surface area (Å²) in [5, 5.41) is 19.8. The van der Waals surface area contributed by atoms with Crippen LogP contribution in [-0.2, 0) is 9.53 Å². The van der Waals surface area contributed by atoms with Crippen LogP contribution in [0.1, 0.15) is 37.3 Å². The molecule has 0 atom stereocenters. The molecule has 9 nitrogen and oxygen atoms in total. The number of hydrogen-bond donors (Lipinski definition) is 2. The van der Waals surface area contributed by atoms with Crippen LogP contribution in [0, 0.1) is 0 Å². The van der Waals surface area contributed by atoms with Crippen LogP contribution in [0.3, 0.4) is 0 Å². The highest BCUT2D eigenvalue weighted by atomic mass is 16.5. The molecule has 4 heterocycles. The summed E-state index contributed by atoms with van der Waals surface area (Å²) in [6.45, 7) is 0. The molecular formula is C25H24N6O3. The van der Waals surface area contributed by atoms with Crippen molar-refractivity contribution in [3.63, 3.8) is 0 Å².